The second-order valence-electron chi connectivity index (χ2n) is 4.57. The van der Waals surface area contributed by atoms with Crippen LogP contribution in [0.5, 0.6) is 17.5 Å². The maximum atomic E-state index is 5.91. The molecule has 21 heavy (non-hydrogen) atoms. The molecule has 0 bridgehead atoms. The number of rotatable bonds is 7. The van der Waals surface area contributed by atoms with Gasteiger partial charge < -0.3 is 19.9 Å². The molecule has 0 unspecified atom stereocenters. The molecular formula is C15H19N3O3. The van der Waals surface area contributed by atoms with Crippen LogP contribution >= 0.6 is 0 Å². The fraction of sp³-hybridized carbons (Fsp3) is 0.333. The lowest BCUT2D eigenvalue weighted by Gasteiger charge is -2.13. The molecule has 2 aromatic rings. The summed E-state index contributed by atoms with van der Waals surface area (Å²) < 4.78 is 16.5. The molecule has 0 spiro atoms. The van der Waals surface area contributed by atoms with Gasteiger partial charge in [0.05, 0.1) is 6.10 Å². The van der Waals surface area contributed by atoms with Crippen LogP contribution in [0.4, 0.5) is 5.69 Å². The van der Waals surface area contributed by atoms with Gasteiger partial charge in [-0.2, -0.15) is 9.97 Å². The summed E-state index contributed by atoms with van der Waals surface area (Å²) in [5.74, 6) is 1.43. The second-order valence-corrected chi connectivity index (χ2v) is 4.57. The topological polar surface area (TPSA) is 79.5 Å². The van der Waals surface area contributed by atoms with Crippen LogP contribution in [0.15, 0.2) is 36.7 Å². The molecule has 0 fully saturated rings. The Balaban J connectivity index is 1.85. The maximum Gasteiger partial charge on any atom is 0.244 e. The summed E-state index contributed by atoms with van der Waals surface area (Å²) in [6.45, 7) is 4.52. The minimum absolute atomic E-state index is 0.0172. The van der Waals surface area contributed by atoms with Crippen molar-refractivity contribution in [1.82, 2.24) is 9.97 Å². The zero-order valence-electron chi connectivity index (χ0n) is 12.2. The molecule has 0 saturated carbocycles. The zero-order valence-corrected chi connectivity index (χ0v) is 12.2. The SMILES string of the molecule is CC(C)Oc1ncnc(OCCOc2ccccc2)c1N. The number of anilines is 1. The lowest BCUT2D eigenvalue weighted by atomic mass is 10.3. The highest BCUT2D eigenvalue weighted by Gasteiger charge is 2.11. The summed E-state index contributed by atoms with van der Waals surface area (Å²) in [4.78, 5) is 7.98. The van der Waals surface area contributed by atoms with Crippen LogP contribution in [0.3, 0.4) is 0 Å². The lowest BCUT2D eigenvalue weighted by Crippen LogP contribution is -2.13. The molecular weight excluding hydrogens is 270 g/mol. The van der Waals surface area contributed by atoms with Crippen molar-refractivity contribution < 1.29 is 14.2 Å². The quantitative estimate of drug-likeness (QED) is 0.788. The molecule has 0 amide bonds. The number of nitrogens with two attached hydrogens (primary N) is 1. The lowest BCUT2D eigenvalue weighted by molar-refractivity contribution is 0.208. The maximum absolute atomic E-state index is 5.91. The van der Waals surface area contributed by atoms with E-state index in [4.69, 9.17) is 19.9 Å². The van der Waals surface area contributed by atoms with Crippen LogP contribution in [0, 0.1) is 0 Å². The van der Waals surface area contributed by atoms with Gasteiger partial charge in [0.15, 0.2) is 5.69 Å². The first-order valence-corrected chi connectivity index (χ1v) is 6.74. The minimum Gasteiger partial charge on any atom is -0.490 e. The number of para-hydroxylation sites is 1. The summed E-state index contributed by atoms with van der Waals surface area (Å²) in [6, 6.07) is 9.52. The summed E-state index contributed by atoms with van der Waals surface area (Å²) >= 11 is 0. The van der Waals surface area contributed by atoms with Crippen molar-refractivity contribution in [3.63, 3.8) is 0 Å². The van der Waals surface area contributed by atoms with E-state index in [1.54, 1.807) is 0 Å². The van der Waals surface area contributed by atoms with Gasteiger partial charge in [0.25, 0.3) is 0 Å². The van der Waals surface area contributed by atoms with Crippen molar-refractivity contribution in [2.75, 3.05) is 18.9 Å². The highest BCUT2D eigenvalue weighted by Crippen LogP contribution is 2.27. The van der Waals surface area contributed by atoms with Gasteiger partial charge in [-0.15, -0.1) is 0 Å². The number of hydrogen-bond acceptors (Lipinski definition) is 6. The molecule has 0 saturated heterocycles. The number of benzene rings is 1. The summed E-state index contributed by atoms with van der Waals surface area (Å²) in [6.07, 6.45) is 1.35. The van der Waals surface area contributed by atoms with Crippen LogP contribution < -0.4 is 19.9 Å². The highest BCUT2D eigenvalue weighted by molar-refractivity contribution is 5.55. The smallest absolute Gasteiger partial charge is 0.244 e. The van der Waals surface area contributed by atoms with Gasteiger partial charge in [0, 0.05) is 0 Å². The molecule has 0 aliphatic heterocycles. The number of ether oxygens (including phenoxy) is 3. The largest absolute Gasteiger partial charge is 0.490 e. The van der Waals surface area contributed by atoms with Crippen LogP contribution in [-0.2, 0) is 0 Å². The number of nitrogens with zero attached hydrogens (tertiary/aromatic N) is 2. The van der Waals surface area contributed by atoms with Crippen molar-refractivity contribution in [3.05, 3.63) is 36.7 Å². The average Bonchev–Trinajstić information content (AvgIpc) is 2.48. The summed E-state index contributed by atoms with van der Waals surface area (Å²) in [7, 11) is 0. The van der Waals surface area contributed by atoms with E-state index in [2.05, 4.69) is 9.97 Å². The van der Waals surface area contributed by atoms with Crippen molar-refractivity contribution >= 4 is 5.69 Å². The molecule has 1 aromatic heterocycles. The number of hydrogen-bond donors (Lipinski definition) is 1. The van der Waals surface area contributed by atoms with Crippen LogP contribution in [-0.4, -0.2) is 29.3 Å². The molecule has 0 aliphatic rings. The molecule has 1 heterocycles. The van der Waals surface area contributed by atoms with Gasteiger partial charge >= 0.3 is 0 Å². The predicted octanol–water partition coefficient (Wildman–Crippen LogP) is 2.30. The van der Waals surface area contributed by atoms with Crippen molar-refractivity contribution in [1.29, 1.82) is 0 Å². The van der Waals surface area contributed by atoms with Gasteiger partial charge in [-0.3, -0.25) is 0 Å². The highest BCUT2D eigenvalue weighted by atomic mass is 16.5. The van der Waals surface area contributed by atoms with Gasteiger partial charge in [0.1, 0.15) is 25.3 Å². The Kier molecular flexibility index (Phi) is 5.20. The third-order valence-electron chi connectivity index (χ3n) is 2.49. The van der Waals surface area contributed by atoms with E-state index >= 15 is 0 Å². The second kappa shape index (κ2) is 7.33. The van der Waals surface area contributed by atoms with E-state index in [9.17, 15) is 0 Å². The van der Waals surface area contributed by atoms with Crippen LogP contribution in [0.25, 0.3) is 0 Å². The molecule has 0 radical (unpaired) electrons. The molecule has 6 heteroatoms. The Bertz CT molecular complexity index is 561. The Morgan fingerprint density at radius 2 is 1.67 bits per heavy atom. The zero-order chi connectivity index (χ0) is 15.1. The van der Waals surface area contributed by atoms with E-state index in [1.807, 2.05) is 44.2 Å². The first kappa shape index (κ1) is 14.9. The number of aromatic nitrogens is 2. The minimum atomic E-state index is -0.0172. The average molecular weight is 289 g/mol. The molecule has 2 rings (SSSR count). The molecule has 6 nitrogen and oxygen atoms in total. The van der Waals surface area contributed by atoms with Crippen LogP contribution in [0.1, 0.15) is 13.8 Å². The molecule has 0 aliphatic carbocycles. The van der Waals surface area contributed by atoms with E-state index in [-0.39, 0.29) is 6.10 Å². The van der Waals surface area contributed by atoms with Crippen molar-refractivity contribution in [3.8, 4) is 17.5 Å². The first-order chi connectivity index (χ1) is 10.2. The van der Waals surface area contributed by atoms with E-state index in [1.165, 1.54) is 6.33 Å². The van der Waals surface area contributed by atoms with Gasteiger partial charge in [-0.05, 0) is 26.0 Å². The van der Waals surface area contributed by atoms with Crippen LogP contribution in [0.2, 0.25) is 0 Å². The molecule has 2 N–H and O–H groups in total. The third kappa shape index (κ3) is 4.52. The molecule has 112 valence electrons. The van der Waals surface area contributed by atoms with Crippen molar-refractivity contribution in [2.45, 2.75) is 20.0 Å². The predicted molar refractivity (Wildman–Crippen MR) is 79.6 cm³/mol. The normalized spacial score (nSPS) is 10.4. The van der Waals surface area contributed by atoms with Crippen molar-refractivity contribution in [2.24, 2.45) is 0 Å². The Hall–Kier alpha value is -2.50. The Morgan fingerprint density at radius 1 is 1.00 bits per heavy atom. The third-order valence-corrected chi connectivity index (χ3v) is 2.49. The van der Waals surface area contributed by atoms with Gasteiger partial charge in [-0.25, -0.2) is 0 Å². The number of nitrogen functional groups attached to an aromatic ring is 1. The molecule has 0 atom stereocenters. The Morgan fingerprint density at radius 3 is 2.38 bits per heavy atom. The first-order valence-electron chi connectivity index (χ1n) is 6.74. The fourth-order valence-electron chi connectivity index (χ4n) is 1.61. The summed E-state index contributed by atoms with van der Waals surface area (Å²) in [5, 5.41) is 0. The van der Waals surface area contributed by atoms with E-state index in [0.717, 1.165) is 5.75 Å². The monoisotopic (exact) mass is 289 g/mol. The van der Waals surface area contributed by atoms with E-state index in [0.29, 0.717) is 30.7 Å². The van der Waals surface area contributed by atoms with Gasteiger partial charge in [0.2, 0.25) is 11.8 Å². The molecule has 1 aromatic carbocycles. The van der Waals surface area contributed by atoms with Gasteiger partial charge in [-0.1, -0.05) is 18.2 Å². The fourth-order valence-corrected chi connectivity index (χ4v) is 1.61. The Labute approximate surface area is 123 Å². The standard InChI is InChI=1S/C15H19N3O3/c1-11(2)21-15-13(16)14(17-10-18-15)20-9-8-19-12-6-4-3-5-7-12/h3-7,10-11H,8-9,16H2,1-2H3. The van der Waals surface area contributed by atoms with E-state index < -0.39 is 0 Å². The summed E-state index contributed by atoms with van der Waals surface area (Å²) in [5.41, 5.74) is 6.21.